The van der Waals surface area contributed by atoms with Gasteiger partial charge in [0.15, 0.2) is 0 Å². The predicted octanol–water partition coefficient (Wildman–Crippen LogP) is 1.75. The summed E-state index contributed by atoms with van der Waals surface area (Å²) in [6.07, 6.45) is 4.77. The minimum absolute atomic E-state index is 0.516. The molecule has 1 unspecified atom stereocenters. The van der Waals surface area contributed by atoms with Crippen LogP contribution in [0.25, 0.3) is 0 Å². The third-order valence-corrected chi connectivity index (χ3v) is 2.25. The van der Waals surface area contributed by atoms with Gasteiger partial charge in [0.2, 0.25) is 0 Å². The summed E-state index contributed by atoms with van der Waals surface area (Å²) in [5.74, 6) is 0.747. The molecule has 0 amide bonds. The van der Waals surface area contributed by atoms with Gasteiger partial charge in [-0.3, -0.25) is 0 Å². The molecule has 0 fully saturated rings. The van der Waals surface area contributed by atoms with Crippen LogP contribution in [0.2, 0.25) is 0 Å². The van der Waals surface area contributed by atoms with E-state index in [0.29, 0.717) is 19.6 Å². The number of aromatic nitrogens is 2. The van der Waals surface area contributed by atoms with E-state index < -0.39 is 6.10 Å². The lowest BCUT2D eigenvalue weighted by Gasteiger charge is -2.12. The molecule has 0 aromatic carbocycles. The quantitative estimate of drug-likeness (QED) is 0.700. The largest absolute Gasteiger partial charge is 0.385 e. The Morgan fingerprint density at radius 2 is 2.33 bits per heavy atom. The van der Waals surface area contributed by atoms with Gasteiger partial charge in [-0.2, -0.15) is 0 Å². The molecule has 1 heterocycles. The number of nitrogens with zero attached hydrogens (tertiary/aromatic N) is 2. The van der Waals surface area contributed by atoms with E-state index in [1.165, 1.54) is 0 Å². The number of aryl methyl sites for hydroxylation is 1. The van der Waals surface area contributed by atoms with Gasteiger partial charge in [0.1, 0.15) is 11.9 Å². The summed E-state index contributed by atoms with van der Waals surface area (Å²) >= 11 is 0. The third-order valence-electron chi connectivity index (χ3n) is 2.25. The summed E-state index contributed by atoms with van der Waals surface area (Å²) in [5.41, 5.74) is 0. The second kappa shape index (κ2) is 6.58. The summed E-state index contributed by atoms with van der Waals surface area (Å²) in [4.78, 5) is 4.17. The van der Waals surface area contributed by atoms with Gasteiger partial charge in [-0.25, -0.2) is 4.98 Å². The number of imidazole rings is 1. The van der Waals surface area contributed by atoms with Crippen LogP contribution in [0.4, 0.5) is 0 Å². The fraction of sp³-hybridized carbons (Fsp3) is 0.727. The highest BCUT2D eigenvalue weighted by molar-refractivity contribution is 4.96. The van der Waals surface area contributed by atoms with Crippen molar-refractivity contribution in [2.75, 3.05) is 13.2 Å². The number of ether oxygens (including phenoxy) is 1. The summed E-state index contributed by atoms with van der Waals surface area (Å²) in [6.45, 7) is 6.23. The highest BCUT2D eigenvalue weighted by Crippen LogP contribution is 2.14. The minimum atomic E-state index is -0.516. The van der Waals surface area contributed by atoms with Crippen LogP contribution in [0, 0.1) is 0 Å². The molecule has 4 nitrogen and oxygen atoms in total. The maximum Gasteiger partial charge on any atom is 0.137 e. The van der Waals surface area contributed by atoms with Crippen LogP contribution in [0.1, 0.15) is 38.6 Å². The average Bonchev–Trinajstić information content (AvgIpc) is 2.67. The molecule has 0 aliphatic rings. The van der Waals surface area contributed by atoms with Crippen molar-refractivity contribution in [2.45, 2.75) is 39.3 Å². The molecule has 0 spiro atoms. The van der Waals surface area contributed by atoms with Crippen LogP contribution in [0.5, 0.6) is 0 Å². The van der Waals surface area contributed by atoms with Crippen molar-refractivity contribution in [1.82, 2.24) is 9.55 Å². The normalized spacial score (nSPS) is 13.0. The molecule has 1 rings (SSSR count). The third kappa shape index (κ3) is 3.64. The molecule has 4 heteroatoms. The molecule has 86 valence electrons. The van der Waals surface area contributed by atoms with Gasteiger partial charge in [0.25, 0.3) is 0 Å². The van der Waals surface area contributed by atoms with Crippen molar-refractivity contribution in [3.63, 3.8) is 0 Å². The van der Waals surface area contributed by atoms with Crippen LogP contribution in [0.3, 0.4) is 0 Å². The molecule has 0 aliphatic carbocycles. The monoisotopic (exact) mass is 212 g/mol. The topological polar surface area (TPSA) is 47.3 Å². The molecule has 1 N–H and O–H groups in total. The van der Waals surface area contributed by atoms with Gasteiger partial charge in [-0.1, -0.05) is 6.92 Å². The van der Waals surface area contributed by atoms with E-state index in [9.17, 15) is 5.11 Å². The minimum Gasteiger partial charge on any atom is -0.385 e. The van der Waals surface area contributed by atoms with Crippen LogP contribution >= 0.6 is 0 Å². The standard InChI is InChI=1S/C11H20N2O2/c1-3-7-13-8-6-12-11(13)10(14)5-9-15-4-2/h6,8,10,14H,3-5,7,9H2,1-2H3. The number of aliphatic hydroxyl groups excluding tert-OH is 1. The number of rotatable bonds is 7. The van der Waals surface area contributed by atoms with Crippen LogP contribution in [-0.2, 0) is 11.3 Å². The van der Waals surface area contributed by atoms with Crippen molar-refractivity contribution >= 4 is 0 Å². The Balaban J connectivity index is 2.48. The molecule has 0 radical (unpaired) electrons. The summed E-state index contributed by atoms with van der Waals surface area (Å²) < 4.78 is 7.20. The Morgan fingerprint density at radius 3 is 3.00 bits per heavy atom. The summed E-state index contributed by atoms with van der Waals surface area (Å²) in [7, 11) is 0. The number of hydrogen-bond donors (Lipinski definition) is 1. The smallest absolute Gasteiger partial charge is 0.137 e. The number of hydrogen-bond acceptors (Lipinski definition) is 3. The van der Waals surface area contributed by atoms with Gasteiger partial charge < -0.3 is 14.4 Å². The van der Waals surface area contributed by atoms with Crippen LogP contribution in [-0.4, -0.2) is 27.9 Å². The second-order valence-electron chi connectivity index (χ2n) is 3.48. The molecule has 1 aromatic rings. The first kappa shape index (κ1) is 12.2. The first-order valence-electron chi connectivity index (χ1n) is 5.56. The molecule has 1 atom stereocenters. The van der Waals surface area contributed by atoms with Gasteiger partial charge in [0, 0.05) is 38.6 Å². The van der Waals surface area contributed by atoms with Crippen molar-refractivity contribution in [1.29, 1.82) is 0 Å². The summed E-state index contributed by atoms with van der Waals surface area (Å²) in [6, 6.07) is 0. The summed E-state index contributed by atoms with van der Waals surface area (Å²) in [5, 5.41) is 9.88. The zero-order chi connectivity index (χ0) is 11.1. The average molecular weight is 212 g/mol. The van der Waals surface area contributed by atoms with E-state index >= 15 is 0 Å². The van der Waals surface area contributed by atoms with E-state index in [1.54, 1.807) is 6.20 Å². The van der Waals surface area contributed by atoms with Crippen molar-refractivity contribution in [3.8, 4) is 0 Å². The van der Waals surface area contributed by atoms with Crippen molar-refractivity contribution < 1.29 is 9.84 Å². The molecule has 15 heavy (non-hydrogen) atoms. The predicted molar refractivity (Wildman–Crippen MR) is 58.6 cm³/mol. The van der Waals surface area contributed by atoms with Gasteiger partial charge in [0.05, 0.1) is 0 Å². The Labute approximate surface area is 90.9 Å². The zero-order valence-corrected chi connectivity index (χ0v) is 9.52. The van der Waals surface area contributed by atoms with Crippen LogP contribution in [0.15, 0.2) is 12.4 Å². The van der Waals surface area contributed by atoms with E-state index in [2.05, 4.69) is 11.9 Å². The van der Waals surface area contributed by atoms with Gasteiger partial charge in [-0.05, 0) is 13.3 Å². The second-order valence-corrected chi connectivity index (χ2v) is 3.48. The van der Waals surface area contributed by atoms with Gasteiger partial charge >= 0.3 is 0 Å². The molecule has 0 aliphatic heterocycles. The lowest BCUT2D eigenvalue weighted by molar-refractivity contribution is 0.0824. The number of aliphatic hydroxyl groups is 1. The Hall–Kier alpha value is -0.870. The lowest BCUT2D eigenvalue weighted by atomic mass is 10.2. The molecular weight excluding hydrogens is 192 g/mol. The maximum atomic E-state index is 9.88. The van der Waals surface area contributed by atoms with Crippen molar-refractivity contribution in [3.05, 3.63) is 18.2 Å². The Bertz CT molecular complexity index is 273. The fourth-order valence-electron chi connectivity index (χ4n) is 1.52. The SMILES string of the molecule is CCCn1ccnc1C(O)CCOCC. The fourth-order valence-corrected chi connectivity index (χ4v) is 1.52. The Kier molecular flexibility index (Phi) is 5.36. The molecule has 1 aromatic heterocycles. The zero-order valence-electron chi connectivity index (χ0n) is 9.52. The van der Waals surface area contributed by atoms with Crippen molar-refractivity contribution in [2.24, 2.45) is 0 Å². The van der Waals surface area contributed by atoms with Crippen LogP contribution < -0.4 is 0 Å². The molecule has 0 saturated carbocycles. The molecular formula is C11H20N2O2. The van der Waals surface area contributed by atoms with E-state index in [1.807, 2.05) is 17.7 Å². The first-order valence-corrected chi connectivity index (χ1v) is 5.56. The molecule has 0 saturated heterocycles. The lowest BCUT2D eigenvalue weighted by Crippen LogP contribution is -2.10. The Morgan fingerprint density at radius 1 is 1.53 bits per heavy atom. The highest BCUT2D eigenvalue weighted by atomic mass is 16.5. The van der Waals surface area contributed by atoms with Gasteiger partial charge in [-0.15, -0.1) is 0 Å². The van der Waals surface area contributed by atoms with E-state index in [0.717, 1.165) is 18.8 Å². The highest BCUT2D eigenvalue weighted by Gasteiger charge is 2.12. The van der Waals surface area contributed by atoms with E-state index in [4.69, 9.17) is 4.74 Å². The maximum absolute atomic E-state index is 9.88. The first-order chi connectivity index (χ1) is 7.29. The van der Waals surface area contributed by atoms with E-state index in [-0.39, 0.29) is 0 Å². The molecule has 0 bridgehead atoms.